The molecular weight excluding hydrogens is 357 g/mol. The number of carbonyl (C=O) groups excluding carboxylic acids is 1. The van der Waals surface area contributed by atoms with E-state index in [4.69, 9.17) is 0 Å². The van der Waals surface area contributed by atoms with E-state index in [0.29, 0.717) is 11.6 Å². The second-order valence-corrected chi connectivity index (χ2v) is 6.76. The monoisotopic (exact) mass is 374 g/mol. The van der Waals surface area contributed by atoms with Gasteiger partial charge in [0, 0.05) is 11.6 Å². The highest BCUT2D eigenvalue weighted by Gasteiger charge is 2.33. The maximum Gasteiger partial charge on any atom is 0.433 e. The van der Waals surface area contributed by atoms with Crippen molar-refractivity contribution in [3.05, 3.63) is 53.1 Å². The third kappa shape index (κ3) is 3.39. The van der Waals surface area contributed by atoms with E-state index in [9.17, 15) is 18.0 Å². The van der Waals surface area contributed by atoms with E-state index in [1.807, 2.05) is 6.07 Å². The molecule has 1 saturated carbocycles. The van der Waals surface area contributed by atoms with Crippen LogP contribution in [0.5, 0.6) is 0 Å². The number of halogens is 3. The van der Waals surface area contributed by atoms with Gasteiger partial charge >= 0.3 is 6.18 Å². The second kappa shape index (κ2) is 6.37. The van der Waals surface area contributed by atoms with E-state index >= 15 is 0 Å². The largest absolute Gasteiger partial charge is 0.433 e. The average Bonchev–Trinajstić information content (AvgIpc) is 2.94. The topological polar surface area (TPSA) is 70.7 Å². The summed E-state index contributed by atoms with van der Waals surface area (Å²) >= 11 is 0. The van der Waals surface area contributed by atoms with E-state index in [2.05, 4.69) is 20.3 Å². The predicted molar refractivity (Wildman–Crippen MR) is 94.6 cm³/mol. The first-order valence-corrected chi connectivity index (χ1v) is 8.67. The van der Waals surface area contributed by atoms with Crippen molar-refractivity contribution < 1.29 is 18.0 Å². The normalized spacial score (nSPS) is 15.0. The number of aromatic amines is 1. The van der Waals surface area contributed by atoms with Crippen LogP contribution in [-0.4, -0.2) is 20.9 Å². The van der Waals surface area contributed by atoms with Crippen LogP contribution < -0.4 is 5.32 Å². The van der Waals surface area contributed by atoms with Crippen LogP contribution in [0.3, 0.4) is 0 Å². The van der Waals surface area contributed by atoms with Crippen molar-refractivity contribution in [2.24, 2.45) is 0 Å². The quantitative estimate of drug-likeness (QED) is 0.691. The van der Waals surface area contributed by atoms with Crippen molar-refractivity contribution in [3.63, 3.8) is 0 Å². The molecule has 2 heterocycles. The highest BCUT2D eigenvalue weighted by atomic mass is 19.4. The molecule has 140 valence electrons. The van der Waals surface area contributed by atoms with Gasteiger partial charge in [-0.3, -0.25) is 4.79 Å². The lowest BCUT2D eigenvalue weighted by Gasteiger charge is -2.22. The van der Waals surface area contributed by atoms with Gasteiger partial charge in [0.15, 0.2) is 0 Å². The number of nitrogens with one attached hydrogen (secondary N) is 2. The Morgan fingerprint density at radius 1 is 1.19 bits per heavy atom. The molecule has 5 nitrogen and oxygen atoms in total. The molecule has 1 aliphatic rings. The van der Waals surface area contributed by atoms with E-state index in [1.165, 1.54) is 13.3 Å². The van der Waals surface area contributed by atoms with Crippen molar-refractivity contribution >= 4 is 22.6 Å². The molecule has 1 fully saturated rings. The minimum atomic E-state index is -4.54. The minimum absolute atomic E-state index is 0.0252. The number of H-pyrrole nitrogens is 1. The number of hydrogen-bond donors (Lipinski definition) is 2. The van der Waals surface area contributed by atoms with Gasteiger partial charge in [0.25, 0.3) is 5.91 Å². The van der Waals surface area contributed by atoms with E-state index in [0.717, 1.165) is 41.8 Å². The number of imidazole rings is 1. The average molecular weight is 374 g/mol. The summed E-state index contributed by atoms with van der Waals surface area (Å²) in [7, 11) is 0. The Morgan fingerprint density at radius 2 is 1.96 bits per heavy atom. The minimum Gasteiger partial charge on any atom is -0.342 e. The molecule has 1 amide bonds. The lowest BCUT2D eigenvalue weighted by molar-refractivity contribution is -0.141. The first-order chi connectivity index (χ1) is 12.8. The van der Waals surface area contributed by atoms with E-state index < -0.39 is 17.8 Å². The number of alkyl halides is 3. The summed E-state index contributed by atoms with van der Waals surface area (Å²) in [6.07, 6.45) is -1.07. The standard InChI is InChI=1S/C19H17F3N4O/c1-10-13(6-8-16(23-10)19(20,21)22)18(27)24-12-5-7-14-15(9-12)26-17(25-14)11-3-2-4-11/h5-9,11H,2-4H2,1H3,(H,24,27)(H,25,26). The molecule has 1 aromatic carbocycles. The van der Waals surface area contributed by atoms with Gasteiger partial charge in [0.1, 0.15) is 11.5 Å². The van der Waals surface area contributed by atoms with Gasteiger partial charge in [-0.1, -0.05) is 6.42 Å². The Balaban J connectivity index is 1.55. The van der Waals surface area contributed by atoms with Crippen molar-refractivity contribution in [3.8, 4) is 0 Å². The number of fused-ring (bicyclic) bond motifs is 1. The van der Waals surface area contributed by atoms with Crippen LogP contribution in [0.1, 0.15) is 52.8 Å². The molecule has 1 aliphatic carbocycles. The number of amides is 1. The van der Waals surface area contributed by atoms with Crippen molar-refractivity contribution in [1.82, 2.24) is 15.0 Å². The first kappa shape index (κ1) is 17.5. The molecule has 4 rings (SSSR count). The number of nitrogens with zero attached hydrogens (tertiary/aromatic N) is 2. The number of hydrogen-bond acceptors (Lipinski definition) is 3. The molecular formula is C19H17F3N4O. The SMILES string of the molecule is Cc1nc(C(F)(F)F)ccc1C(=O)Nc1ccc2nc(C3CCC3)[nH]c2c1. The van der Waals surface area contributed by atoms with Crippen LogP contribution in [0, 0.1) is 6.92 Å². The van der Waals surface area contributed by atoms with Crippen molar-refractivity contribution in [1.29, 1.82) is 0 Å². The van der Waals surface area contributed by atoms with Crippen molar-refractivity contribution in [2.75, 3.05) is 5.32 Å². The second-order valence-electron chi connectivity index (χ2n) is 6.76. The number of aromatic nitrogens is 3. The highest BCUT2D eigenvalue weighted by molar-refractivity contribution is 6.05. The van der Waals surface area contributed by atoms with Crippen LogP contribution in [0.4, 0.5) is 18.9 Å². The fraction of sp³-hybridized carbons (Fsp3) is 0.316. The number of anilines is 1. The molecule has 2 aromatic heterocycles. The van der Waals surface area contributed by atoms with Crippen LogP contribution in [0.2, 0.25) is 0 Å². The van der Waals surface area contributed by atoms with Gasteiger partial charge in [-0.15, -0.1) is 0 Å². The summed E-state index contributed by atoms with van der Waals surface area (Å²) in [6.45, 7) is 1.38. The summed E-state index contributed by atoms with van der Waals surface area (Å²) in [5.41, 5.74) is 1.29. The molecule has 0 aliphatic heterocycles. The van der Waals surface area contributed by atoms with Gasteiger partial charge in [-0.05, 0) is 50.1 Å². The Hall–Kier alpha value is -2.90. The molecule has 27 heavy (non-hydrogen) atoms. The Bertz CT molecular complexity index is 1020. The predicted octanol–water partition coefficient (Wildman–Crippen LogP) is 4.80. The van der Waals surface area contributed by atoms with Crippen LogP contribution in [-0.2, 0) is 6.18 Å². The van der Waals surface area contributed by atoms with Crippen molar-refractivity contribution in [2.45, 2.75) is 38.3 Å². The zero-order valence-electron chi connectivity index (χ0n) is 14.5. The zero-order valence-corrected chi connectivity index (χ0v) is 14.5. The van der Waals surface area contributed by atoms with Gasteiger partial charge in [0.2, 0.25) is 0 Å². The lowest BCUT2D eigenvalue weighted by atomic mass is 9.85. The van der Waals surface area contributed by atoms with E-state index in [-0.39, 0.29) is 11.3 Å². The molecule has 8 heteroatoms. The molecule has 0 spiro atoms. The number of carbonyl (C=O) groups is 1. The zero-order chi connectivity index (χ0) is 19.2. The summed E-state index contributed by atoms with van der Waals surface area (Å²) in [4.78, 5) is 23.8. The van der Waals surface area contributed by atoms with Gasteiger partial charge in [-0.25, -0.2) is 9.97 Å². The maximum atomic E-state index is 12.7. The van der Waals surface area contributed by atoms with Crippen LogP contribution in [0.15, 0.2) is 30.3 Å². The maximum absolute atomic E-state index is 12.7. The smallest absolute Gasteiger partial charge is 0.342 e. The highest BCUT2D eigenvalue weighted by Crippen LogP contribution is 2.35. The lowest BCUT2D eigenvalue weighted by Crippen LogP contribution is -2.16. The number of benzene rings is 1. The molecule has 3 aromatic rings. The molecule has 2 N–H and O–H groups in total. The third-order valence-corrected chi connectivity index (χ3v) is 4.87. The third-order valence-electron chi connectivity index (χ3n) is 4.87. The Morgan fingerprint density at radius 3 is 2.59 bits per heavy atom. The first-order valence-electron chi connectivity index (χ1n) is 8.67. The molecule has 0 saturated heterocycles. The fourth-order valence-corrected chi connectivity index (χ4v) is 3.14. The molecule has 0 radical (unpaired) electrons. The molecule has 0 bridgehead atoms. The summed E-state index contributed by atoms with van der Waals surface area (Å²) in [6, 6.07) is 7.25. The number of aryl methyl sites for hydroxylation is 1. The van der Waals surface area contributed by atoms with Crippen LogP contribution >= 0.6 is 0 Å². The van der Waals surface area contributed by atoms with Gasteiger partial charge in [0.05, 0.1) is 22.3 Å². The summed E-state index contributed by atoms with van der Waals surface area (Å²) in [5.74, 6) is 0.922. The Labute approximate surface area is 153 Å². The van der Waals surface area contributed by atoms with Gasteiger partial charge < -0.3 is 10.3 Å². The Kier molecular flexibility index (Phi) is 4.13. The number of rotatable bonds is 3. The summed E-state index contributed by atoms with van der Waals surface area (Å²) in [5, 5.41) is 2.71. The van der Waals surface area contributed by atoms with Crippen LogP contribution in [0.25, 0.3) is 11.0 Å². The fourth-order valence-electron chi connectivity index (χ4n) is 3.14. The molecule has 0 atom stereocenters. The van der Waals surface area contributed by atoms with E-state index in [1.54, 1.807) is 12.1 Å². The number of pyridine rings is 1. The van der Waals surface area contributed by atoms with Gasteiger partial charge in [-0.2, -0.15) is 13.2 Å². The summed E-state index contributed by atoms with van der Waals surface area (Å²) < 4.78 is 38.1. The molecule has 0 unspecified atom stereocenters.